The number of carbonyl (C=O) groups is 1. The van der Waals surface area contributed by atoms with Gasteiger partial charge in [0.1, 0.15) is 5.82 Å². The molecular weight excluding hydrogens is 319 g/mol. The number of amides is 2. The molecule has 1 atom stereocenters. The summed E-state index contributed by atoms with van der Waals surface area (Å²) in [5, 5.41) is 2.78. The maximum absolute atomic E-state index is 13.2. The van der Waals surface area contributed by atoms with Gasteiger partial charge in [-0.3, -0.25) is 0 Å². The molecule has 0 aliphatic carbocycles. The number of anilines is 1. The molecule has 1 aromatic carbocycles. The van der Waals surface area contributed by atoms with Crippen LogP contribution in [0.15, 0.2) is 36.9 Å². The maximum atomic E-state index is 13.2. The smallest absolute Gasteiger partial charge is 0.321 e. The molecule has 1 N–H and O–H groups in total. The number of hydrogen-bond acceptors (Lipinski definition) is 2. The third kappa shape index (κ3) is 4.01. The number of imidazole rings is 1. The number of nitrogens with one attached hydrogen (secondary N) is 1. The fourth-order valence-electron chi connectivity index (χ4n) is 2.87. The van der Waals surface area contributed by atoms with E-state index in [9.17, 15) is 9.18 Å². The van der Waals surface area contributed by atoms with E-state index in [1.165, 1.54) is 18.2 Å². The van der Waals surface area contributed by atoms with Crippen LogP contribution in [0.1, 0.15) is 12.8 Å². The molecular formula is C16H18ClFN4O. The highest BCUT2D eigenvalue weighted by atomic mass is 35.5. The Hall–Kier alpha value is -2.08. The van der Waals surface area contributed by atoms with Gasteiger partial charge in [-0.1, -0.05) is 11.6 Å². The summed E-state index contributed by atoms with van der Waals surface area (Å²) in [6, 6.07) is 3.99. The number of halogens is 2. The molecule has 0 unspecified atom stereocenters. The minimum absolute atomic E-state index is 0.000529. The molecule has 7 heteroatoms. The van der Waals surface area contributed by atoms with Crippen LogP contribution < -0.4 is 5.32 Å². The second-order valence-corrected chi connectivity index (χ2v) is 6.18. The van der Waals surface area contributed by atoms with Crippen molar-refractivity contribution in [3.05, 3.63) is 47.8 Å². The molecule has 23 heavy (non-hydrogen) atoms. The normalized spacial score (nSPS) is 18.0. The summed E-state index contributed by atoms with van der Waals surface area (Å²) < 4.78 is 15.2. The Morgan fingerprint density at radius 3 is 3.09 bits per heavy atom. The van der Waals surface area contributed by atoms with Gasteiger partial charge < -0.3 is 14.8 Å². The third-order valence-electron chi connectivity index (χ3n) is 4.01. The molecule has 0 spiro atoms. The lowest BCUT2D eigenvalue weighted by atomic mass is 9.98. The lowest BCUT2D eigenvalue weighted by Gasteiger charge is -2.33. The fourth-order valence-corrected chi connectivity index (χ4v) is 3.05. The van der Waals surface area contributed by atoms with Crippen LogP contribution in [0.2, 0.25) is 5.02 Å². The Kier molecular flexibility index (Phi) is 4.81. The highest BCUT2D eigenvalue weighted by Gasteiger charge is 2.24. The van der Waals surface area contributed by atoms with Crippen LogP contribution in [0.4, 0.5) is 14.9 Å². The van der Waals surface area contributed by atoms with Gasteiger partial charge in [0.2, 0.25) is 0 Å². The predicted molar refractivity (Wildman–Crippen MR) is 87.0 cm³/mol. The van der Waals surface area contributed by atoms with Gasteiger partial charge in [-0.2, -0.15) is 0 Å². The molecule has 1 aliphatic rings. The summed E-state index contributed by atoms with van der Waals surface area (Å²) in [5.41, 5.74) is 0.498. The van der Waals surface area contributed by atoms with Crippen molar-refractivity contribution in [2.75, 3.05) is 18.4 Å². The number of rotatable bonds is 3. The van der Waals surface area contributed by atoms with E-state index >= 15 is 0 Å². The molecule has 122 valence electrons. The molecule has 1 saturated heterocycles. The number of hydrogen-bond donors (Lipinski definition) is 1. The van der Waals surface area contributed by atoms with Crippen molar-refractivity contribution in [1.29, 1.82) is 0 Å². The maximum Gasteiger partial charge on any atom is 0.321 e. The lowest BCUT2D eigenvalue weighted by molar-refractivity contribution is 0.170. The average Bonchev–Trinajstić information content (AvgIpc) is 3.04. The Balaban J connectivity index is 1.59. The van der Waals surface area contributed by atoms with Crippen molar-refractivity contribution in [2.45, 2.75) is 19.4 Å². The number of urea groups is 1. The molecule has 2 amide bonds. The van der Waals surface area contributed by atoms with Crippen LogP contribution >= 0.6 is 11.6 Å². The van der Waals surface area contributed by atoms with Crippen LogP contribution in [0.5, 0.6) is 0 Å². The van der Waals surface area contributed by atoms with Gasteiger partial charge in [0.25, 0.3) is 0 Å². The molecule has 5 nitrogen and oxygen atoms in total. The van der Waals surface area contributed by atoms with Crippen LogP contribution in [0.25, 0.3) is 0 Å². The van der Waals surface area contributed by atoms with Gasteiger partial charge in [-0.25, -0.2) is 14.2 Å². The van der Waals surface area contributed by atoms with Crippen molar-refractivity contribution in [1.82, 2.24) is 14.5 Å². The van der Waals surface area contributed by atoms with Crippen LogP contribution in [-0.2, 0) is 6.54 Å². The Bertz CT molecular complexity index is 677. The number of carbonyl (C=O) groups excluding carboxylic acids is 1. The third-order valence-corrected chi connectivity index (χ3v) is 4.29. The number of piperidine rings is 1. The number of nitrogens with zero attached hydrogens (tertiary/aromatic N) is 3. The summed E-state index contributed by atoms with van der Waals surface area (Å²) >= 11 is 5.74. The van der Waals surface area contributed by atoms with Crippen molar-refractivity contribution in [3.63, 3.8) is 0 Å². The Morgan fingerprint density at radius 2 is 2.35 bits per heavy atom. The standard InChI is InChI=1S/C16H18ClFN4O/c17-14-8-13(3-4-15(14)18)20-16(23)22-6-1-2-12(10-22)9-21-7-5-19-11-21/h3-5,7-8,11-12H,1-2,6,9-10H2,(H,20,23)/t12-/m0/s1. The van der Waals surface area contributed by atoms with E-state index in [-0.39, 0.29) is 11.1 Å². The summed E-state index contributed by atoms with van der Waals surface area (Å²) in [6.07, 6.45) is 7.53. The molecule has 3 rings (SSSR count). The van der Waals surface area contributed by atoms with E-state index < -0.39 is 5.82 Å². The Labute approximate surface area is 139 Å². The van der Waals surface area contributed by atoms with Gasteiger partial charge in [0.05, 0.1) is 11.3 Å². The number of aromatic nitrogens is 2. The van der Waals surface area contributed by atoms with E-state index in [1.54, 1.807) is 17.4 Å². The molecule has 1 aromatic heterocycles. The molecule has 1 fully saturated rings. The predicted octanol–water partition coefficient (Wildman–Crippen LogP) is 3.62. The molecule has 0 bridgehead atoms. The van der Waals surface area contributed by atoms with Gasteiger partial charge in [0, 0.05) is 37.7 Å². The molecule has 1 aliphatic heterocycles. The molecule has 2 heterocycles. The molecule has 0 radical (unpaired) electrons. The second-order valence-electron chi connectivity index (χ2n) is 5.77. The van der Waals surface area contributed by atoms with Crippen LogP contribution in [0, 0.1) is 11.7 Å². The highest BCUT2D eigenvalue weighted by Crippen LogP contribution is 2.22. The van der Waals surface area contributed by atoms with Crippen molar-refractivity contribution in [2.24, 2.45) is 5.92 Å². The van der Waals surface area contributed by atoms with E-state index in [0.717, 1.165) is 25.9 Å². The van der Waals surface area contributed by atoms with Crippen molar-refractivity contribution >= 4 is 23.3 Å². The Morgan fingerprint density at radius 1 is 1.48 bits per heavy atom. The fraction of sp³-hybridized carbons (Fsp3) is 0.375. The van der Waals surface area contributed by atoms with Crippen molar-refractivity contribution < 1.29 is 9.18 Å². The summed E-state index contributed by atoms with van der Waals surface area (Å²) in [4.78, 5) is 18.2. The summed E-state index contributed by atoms with van der Waals surface area (Å²) in [5.74, 6) is -0.0939. The quantitative estimate of drug-likeness (QED) is 0.930. The topological polar surface area (TPSA) is 50.2 Å². The van der Waals surface area contributed by atoms with Crippen LogP contribution in [0.3, 0.4) is 0 Å². The SMILES string of the molecule is O=C(Nc1ccc(F)c(Cl)c1)N1CCC[C@@H](Cn2ccnc2)C1. The second kappa shape index (κ2) is 7.00. The van der Waals surface area contributed by atoms with E-state index in [4.69, 9.17) is 11.6 Å². The summed E-state index contributed by atoms with van der Waals surface area (Å²) in [6.45, 7) is 2.27. The molecule has 0 saturated carbocycles. The first-order chi connectivity index (χ1) is 11.1. The average molecular weight is 337 g/mol. The number of likely N-dealkylation sites (tertiary alicyclic amines) is 1. The zero-order valence-electron chi connectivity index (χ0n) is 12.6. The zero-order chi connectivity index (χ0) is 16.2. The summed E-state index contributed by atoms with van der Waals surface area (Å²) in [7, 11) is 0. The van der Waals surface area contributed by atoms with Gasteiger partial charge >= 0.3 is 6.03 Å². The van der Waals surface area contributed by atoms with Crippen molar-refractivity contribution in [3.8, 4) is 0 Å². The first-order valence-corrected chi connectivity index (χ1v) is 7.96. The lowest BCUT2D eigenvalue weighted by Crippen LogP contribution is -2.43. The van der Waals surface area contributed by atoms with Gasteiger partial charge in [-0.05, 0) is 37.0 Å². The zero-order valence-corrected chi connectivity index (χ0v) is 13.3. The number of benzene rings is 1. The van der Waals surface area contributed by atoms with Crippen LogP contribution in [-0.4, -0.2) is 33.6 Å². The van der Waals surface area contributed by atoms with E-state index in [0.29, 0.717) is 18.2 Å². The first kappa shape index (κ1) is 15.8. The van der Waals surface area contributed by atoms with Gasteiger partial charge in [-0.15, -0.1) is 0 Å². The highest BCUT2D eigenvalue weighted by molar-refractivity contribution is 6.31. The molecule has 2 aromatic rings. The van der Waals surface area contributed by atoms with E-state index in [1.807, 2.05) is 10.8 Å². The minimum atomic E-state index is -0.497. The van der Waals surface area contributed by atoms with Gasteiger partial charge in [0.15, 0.2) is 0 Å². The monoisotopic (exact) mass is 336 g/mol. The van der Waals surface area contributed by atoms with E-state index in [2.05, 4.69) is 10.3 Å². The minimum Gasteiger partial charge on any atom is -0.337 e. The largest absolute Gasteiger partial charge is 0.337 e. The first-order valence-electron chi connectivity index (χ1n) is 7.58.